The number of benzene rings is 2. The second-order valence-corrected chi connectivity index (χ2v) is 6.34. The fraction of sp³-hybridized carbons (Fsp3) is 0.278. The molecule has 2 aromatic carbocycles. The van der Waals surface area contributed by atoms with Crippen LogP contribution < -0.4 is 4.74 Å². The van der Waals surface area contributed by atoms with Gasteiger partial charge in [0.25, 0.3) is 5.69 Å². The van der Waals surface area contributed by atoms with E-state index in [-0.39, 0.29) is 11.6 Å². The molecule has 6 nitrogen and oxygen atoms in total. The van der Waals surface area contributed by atoms with Crippen LogP contribution >= 0.6 is 11.8 Å². The Morgan fingerprint density at radius 1 is 1.16 bits per heavy atom. The third kappa shape index (κ3) is 5.49. The highest BCUT2D eigenvalue weighted by Crippen LogP contribution is 2.22. The summed E-state index contributed by atoms with van der Waals surface area (Å²) < 4.78 is 5.13. The molecule has 0 aliphatic carbocycles. The van der Waals surface area contributed by atoms with Crippen LogP contribution in [-0.4, -0.2) is 35.1 Å². The van der Waals surface area contributed by atoms with Gasteiger partial charge in [-0.3, -0.25) is 14.9 Å². The monoisotopic (exact) mass is 360 g/mol. The Morgan fingerprint density at radius 3 is 2.32 bits per heavy atom. The van der Waals surface area contributed by atoms with Crippen LogP contribution in [0, 0.1) is 10.1 Å². The van der Waals surface area contributed by atoms with E-state index in [9.17, 15) is 14.9 Å². The molecule has 0 aromatic heterocycles. The number of nitro groups is 1. The first kappa shape index (κ1) is 18.8. The van der Waals surface area contributed by atoms with Gasteiger partial charge in [0.15, 0.2) is 0 Å². The molecule has 25 heavy (non-hydrogen) atoms. The van der Waals surface area contributed by atoms with Crippen molar-refractivity contribution >= 4 is 23.4 Å². The lowest BCUT2D eigenvalue weighted by molar-refractivity contribution is -0.384. The smallest absolute Gasteiger partial charge is 0.269 e. The van der Waals surface area contributed by atoms with Crippen LogP contribution in [0.2, 0.25) is 0 Å². The molecular formula is C18H20N2O4S. The fourth-order valence-corrected chi connectivity index (χ4v) is 3.03. The highest BCUT2D eigenvalue weighted by Gasteiger charge is 2.13. The number of carbonyl (C=O) groups excluding carboxylic acids is 1. The molecule has 0 saturated heterocycles. The highest BCUT2D eigenvalue weighted by atomic mass is 32.2. The van der Waals surface area contributed by atoms with Crippen molar-refractivity contribution in [3.63, 3.8) is 0 Å². The summed E-state index contributed by atoms with van der Waals surface area (Å²) in [5.41, 5.74) is 1.08. The predicted octanol–water partition coefficient (Wildman–Crippen LogP) is 3.74. The lowest BCUT2D eigenvalue weighted by Gasteiger charge is -2.21. The maximum atomic E-state index is 12.4. The van der Waals surface area contributed by atoms with E-state index in [0.29, 0.717) is 18.8 Å². The predicted molar refractivity (Wildman–Crippen MR) is 97.9 cm³/mol. The number of thioether (sulfide) groups is 1. The average molecular weight is 360 g/mol. The molecule has 0 radical (unpaired) electrons. The van der Waals surface area contributed by atoms with Crippen LogP contribution in [0.1, 0.15) is 12.5 Å². The van der Waals surface area contributed by atoms with Gasteiger partial charge in [0.1, 0.15) is 5.75 Å². The number of hydrogen-bond donors (Lipinski definition) is 0. The lowest BCUT2D eigenvalue weighted by atomic mass is 10.2. The van der Waals surface area contributed by atoms with Crippen molar-refractivity contribution in [3.8, 4) is 5.75 Å². The topological polar surface area (TPSA) is 72.7 Å². The Balaban J connectivity index is 1.91. The second kappa shape index (κ2) is 9.08. The number of rotatable bonds is 8. The molecule has 0 aliphatic heterocycles. The van der Waals surface area contributed by atoms with Crippen molar-refractivity contribution < 1.29 is 14.5 Å². The SMILES string of the molecule is CCN(Cc1ccc(OC)cc1)C(=O)CSc1ccc([N+](=O)[O-])cc1. The number of non-ortho nitro benzene ring substituents is 1. The molecule has 0 fully saturated rings. The fourth-order valence-electron chi connectivity index (χ4n) is 2.23. The van der Waals surface area contributed by atoms with Gasteiger partial charge in [-0.1, -0.05) is 12.1 Å². The number of nitrogens with zero attached hydrogens (tertiary/aromatic N) is 2. The molecule has 0 unspecified atom stereocenters. The van der Waals surface area contributed by atoms with Gasteiger partial charge in [-0.25, -0.2) is 0 Å². The van der Waals surface area contributed by atoms with Crippen molar-refractivity contribution in [2.24, 2.45) is 0 Å². The number of amides is 1. The third-order valence-corrected chi connectivity index (χ3v) is 4.67. The molecule has 0 aliphatic rings. The van der Waals surface area contributed by atoms with Crippen LogP contribution in [0.25, 0.3) is 0 Å². The van der Waals surface area contributed by atoms with Crippen molar-refractivity contribution in [2.75, 3.05) is 19.4 Å². The summed E-state index contributed by atoms with van der Waals surface area (Å²) in [6.07, 6.45) is 0. The zero-order valence-corrected chi connectivity index (χ0v) is 15.0. The van der Waals surface area contributed by atoms with E-state index in [2.05, 4.69) is 0 Å². The van der Waals surface area contributed by atoms with E-state index < -0.39 is 4.92 Å². The van der Waals surface area contributed by atoms with Gasteiger partial charge in [0.2, 0.25) is 5.91 Å². The zero-order chi connectivity index (χ0) is 18.2. The highest BCUT2D eigenvalue weighted by molar-refractivity contribution is 8.00. The van der Waals surface area contributed by atoms with E-state index in [1.807, 2.05) is 31.2 Å². The number of nitro benzene ring substituents is 1. The van der Waals surface area contributed by atoms with Crippen LogP contribution in [0.5, 0.6) is 5.75 Å². The molecule has 0 heterocycles. The van der Waals surface area contributed by atoms with E-state index in [1.54, 1.807) is 24.1 Å². The molecule has 0 bridgehead atoms. The molecule has 2 rings (SSSR count). The van der Waals surface area contributed by atoms with Crippen LogP contribution in [0.15, 0.2) is 53.4 Å². The minimum atomic E-state index is -0.437. The average Bonchev–Trinajstić information content (AvgIpc) is 2.65. The molecule has 0 saturated carbocycles. The molecule has 0 atom stereocenters. The van der Waals surface area contributed by atoms with Crippen molar-refractivity contribution in [1.29, 1.82) is 0 Å². The standard InChI is InChI=1S/C18H20N2O4S/c1-3-19(12-14-4-8-16(24-2)9-5-14)18(21)13-25-17-10-6-15(7-11-17)20(22)23/h4-11H,3,12-13H2,1-2H3. The minimum absolute atomic E-state index is 0.0293. The Bertz CT molecular complexity index is 717. The van der Waals surface area contributed by atoms with Crippen LogP contribution in [-0.2, 0) is 11.3 Å². The van der Waals surface area contributed by atoms with Gasteiger partial charge in [-0.2, -0.15) is 0 Å². The van der Waals surface area contributed by atoms with Crippen molar-refractivity contribution in [3.05, 3.63) is 64.2 Å². The van der Waals surface area contributed by atoms with Gasteiger partial charge in [0, 0.05) is 30.1 Å². The molecule has 0 N–H and O–H groups in total. The van der Waals surface area contributed by atoms with E-state index in [4.69, 9.17) is 4.74 Å². The van der Waals surface area contributed by atoms with Crippen molar-refractivity contribution in [2.45, 2.75) is 18.4 Å². The summed E-state index contributed by atoms with van der Waals surface area (Å²) >= 11 is 1.38. The third-order valence-electron chi connectivity index (χ3n) is 3.68. The molecular weight excluding hydrogens is 340 g/mol. The summed E-state index contributed by atoms with van der Waals surface area (Å²) in [7, 11) is 1.62. The van der Waals surface area contributed by atoms with Gasteiger partial charge in [-0.15, -0.1) is 11.8 Å². The Hall–Kier alpha value is -2.54. The Kier molecular flexibility index (Phi) is 6.82. The van der Waals surface area contributed by atoms with E-state index >= 15 is 0 Å². The van der Waals surface area contributed by atoms with Crippen LogP contribution in [0.3, 0.4) is 0 Å². The Labute approximate surface area is 150 Å². The van der Waals surface area contributed by atoms with Gasteiger partial charge < -0.3 is 9.64 Å². The zero-order valence-electron chi connectivity index (χ0n) is 14.2. The Morgan fingerprint density at radius 2 is 1.80 bits per heavy atom. The summed E-state index contributed by atoms with van der Waals surface area (Å²) in [6, 6.07) is 13.9. The number of methoxy groups -OCH3 is 1. The van der Waals surface area contributed by atoms with E-state index in [1.165, 1.54) is 23.9 Å². The first-order chi connectivity index (χ1) is 12.0. The maximum Gasteiger partial charge on any atom is 0.269 e. The summed E-state index contributed by atoms with van der Waals surface area (Å²) in [4.78, 5) is 25.2. The lowest BCUT2D eigenvalue weighted by Crippen LogP contribution is -2.31. The molecule has 2 aromatic rings. The number of hydrogen-bond acceptors (Lipinski definition) is 5. The number of ether oxygens (including phenoxy) is 1. The summed E-state index contributed by atoms with van der Waals surface area (Å²) in [6.45, 7) is 3.10. The number of carbonyl (C=O) groups is 1. The second-order valence-electron chi connectivity index (χ2n) is 5.30. The van der Waals surface area contributed by atoms with Gasteiger partial charge in [-0.05, 0) is 36.8 Å². The van der Waals surface area contributed by atoms with Crippen molar-refractivity contribution in [1.82, 2.24) is 4.90 Å². The summed E-state index contributed by atoms with van der Waals surface area (Å²) in [5, 5.41) is 10.7. The van der Waals surface area contributed by atoms with E-state index in [0.717, 1.165) is 16.2 Å². The molecule has 0 spiro atoms. The minimum Gasteiger partial charge on any atom is -0.497 e. The van der Waals surface area contributed by atoms with Crippen LogP contribution in [0.4, 0.5) is 5.69 Å². The molecule has 1 amide bonds. The van der Waals surface area contributed by atoms with Gasteiger partial charge >= 0.3 is 0 Å². The molecule has 7 heteroatoms. The maximum absolute atomic E-state index is 12.4. The first-order valence-electron chi connectivity index (χ1n) is 7.81. The quantitative estimate of drug-likeness (QED) is 0.407. The first-order valence-corrected chi connectivity index (χ1v) is 8.80. The molecule has 132 valence electrons. The normalized spacial score (nSPS) is 10.3. The van der Waals surface area contributed by atoms with Gasteiger partial charge in [0.05, 0.1) is 17.8 Å². The summed E-state index contributed by atoms with van der Waals surface area (Å²) in [5.74, 6) is 1.11. The largest absolute Gasteiger partial charge is 0.497 e.